The van der Waals surface area contributed by atoms with Crippen molar-refractivity contribution in [1.29, 1.82) is 0 Å². The molecule has 0 radical (unpaired) electrons. The Morgan fingerprint density at radius 1 is 1.32 bits per heavy atom. The number of aromatic hydroxyl groups is 1. The average Bonchev–Trinajstić information content (AvgIpc) is 2.36. The Balaban J connectivity index is 0.00000162. The second-order valence-electron chi connectivity index (χ2n) is 4.18. The molecule has 1 fully saturated rings. The zero-order valence-electron chi connectivity index (χ0n) is 10.5. The Labute approximate surface area is 131 Å². The molecule has 0 saturated carbocycles. The summed E-state index contributed by atoms with van der Waals surface area (Å²) >= 11 is 5.94. The third-order valence-corrected chi connectivity index (χ3v) is 3.38. The summed E-state index contributed by atoms with van der Waals surface area (Å²) in [5.74, 6) is 0.124. The van der Waals surface area contributed by atoms with E-state index in [2.05, 4.69) is 16.8 Å². The van der Waals surface area contributed by atoms with Crippen molar-refractivity contribution in [3.63, 3.8) is 0 Å². The Hall–Kier alpha value is -0.450. The number of hydrogen-bond acceptors (Lipinski definition) is 3. The van der Waals surface area contributed by atoms with Crippen molar-refractivity contribution in [3.8, 4) is 5.75 Å². The van der Waals surface area contributed by atoms with Gasteiger partial charge in [-0.25, -0.2) is 0 Å². The van der Waals surface area contributed by atoms with E-state index in [1.807, 2.05) is 18.2 Å². The van der Waals surface area contributed by atoms with E-state index >= 15 is 0 Å². The summed E-state index contributed by atoms with van der Waals surface area (Å²) in [6.07, 6.45) is 1.92. The van der Waals surface area contributed by atoms with Crippen molar-refractivity contribution in [2.45, 2.75) is 6.04 Å². The van der Waals surface area contributed by atoms with Crippen LogP contribution in [0.4, 0.5) is 0 Å². The van der Waals surface area contributed by atoms with Gasteiger partial charge in [0.15, 0.2) is 0 Å². The van der Waals surface area contributed by atoms with Gasteiger partial charge in [-0.05, 0) is 17.7 Å². The van der Waals surface area contributed by atoms with Crippen molar-refractivity contribution in [3.05, 3.63) is 41.4 Å². The highest BCUT2D eigenvalue weighted by atomic mass is 35.5. The van der Waals surface area contributed by atoms with Crippen LogP contribution >= 0.6 is 36.4 Å². The molecular weight excluding hydrogens is 307 g/mol. The Kier molecular flexibility index (Phi) is 8.46. The number of piperazine rings is 1. The van der Waals surface area contributed by atoms with E-state index in [9.17, 15) is 5.11 Å². The predicted molar refractivity (Wildman–Crippen MR) is 85.0 cm³/mol. The lowest BCUT2D eigenvalue weighted by Crippen LogP contribution is -2.44. The third kappa shape index (κ3) is 4.55. The number of phenolic OH excluding ortho intramolecular Hbond substituents is 1. The smallest absolute Gasteiger partial charge is 0.134 e. The van der Waals surface area contributed by atoms with E-state index in [0.717, 1.165) is 31.7 Å². The molecule has 1 aromatic rings. The number of hydrogen-bond donors (Lipinski definition) is 2. The maximum atomic E-state index is 9.43. The van der Waals surface area contributed by atoms with Gasteiger partial charge in [0, 0.05) is 26.2 Å². The van der Waals surface area contributed by atoms with Gasteiger partial charge in [0.05, 0.1) is 11.1 Å². The van der Waals surface area contributed by atoms with E-state index in [1.54, 1.807) is 6.07 Å². The van der Waals surface area contributed by atoms with Crippen LogP contribution in [0.25, 0.3) is 0 Å². The largest absolute Gasteiger partial charge is 0.506 e. The van der Waals surface area contributed by atoms with Crippen LogP contribution in [0.2, 0.25) is 5.02 Å². The second-order valence-corrected chi connectivity index (χ2v) is 4.58. The molecule has 108 valence electrons. The number of nitrogens with zero attached hydrogens (tertiary/aromatic N) is 1. The quantitative estimate of drug-likeness (QED) is 0.839. The molecule has 0 amide bonds. The minimum Gasteiger partial charge on any atom is -0.506 e. The zero-order chi connectivity index (χ0) is 12.3. The normalized spacial score (nSPS) is 16.9. The maximum Gasteiger partial charge on any atom is 0.134 e. The first-order chi connectivity index (χ1) is 8.22. The van der Waals surface area contributed by atoms with Crippen LogP contribution in [-0.2, 0) is 0 Å². The molecule has 1 aliphatic heterocycles. The molecule has 1 atom stereocenters. The van der Waals surface area contributed by atoms with Crippen LogP contribution < -0.4 is 5.32 Å². The van der Waals surface area contributed by atoms with Crippen LogP contribution in [0.5, 0.6) is 5.75 Å². The van der Waals surface area contributed by atoms with Crippen molar-refractivity contribution in [2.24, 2.45) is 0 Å². The van der Waals surface area contributed by atoms with Crippen molar-refractivity contribution in [1.82, 2.24) is 10.2 Å². The van der Waals surface area contributed by atoms with Crippen LogP contribution in [0.1, 0.15) is 11.6 Å². The molecule has 0 aromatic heterocycles. The molecule has 0 aliphatic carbocycles. The molecule has 2 rings (SSSR count). The molecule has 1 heterocycles. The second kappa shape index (κ2) is 8.67. The molecular formula is C13H19Cl3N2O. The van der Waals surface area contributed by atoms with Crippen LogP contribution in [0, 0.1) is 0 Å². The van der Waals surface area contributed by atoms with Crippen LogP contribution in [0.15, 0.2) is 30.9 Å². The number of benzene rings is 1. The molecule has 1 aromatic carbocycles. The molecule has 0 spiro atoms. The molecule has 3 nitrogen and oxygen atoms in total. The van der Waals surface area contributed by atoms with E-state index in [-0.39, 0.29) is 36.6 Å². The summed E-state index contributed by atoms with van der Waals surface area (Å²) in [4.78, 5) is 2.35. The van der Waals surface area contributed by atoms with Crippen molar-refractivity contribution < 1.29 is 5.11 Å². The number of rotatable bonds is 3. The SMILES string of the molecule is C=C[C@@H](c1ccc(O)c(Cl)c1)N1CCNCC1.Cl.Cl. The van der Waals surface area contributed by atoms with Gasteiger partial charge >= 0.3 is 0 Å². The van der Waals surface area contributed by atoms with Gasteiger partial charge < -0.3 is 10.4 Å². The first kappa shape index (κ1) is 18.6. The number of nitrogens with one attached hydrogen (secondary N) is 1. The van der Waals surface area contributed by atoms with E-state index in [0.29, 0.717) is 5.02 Å². The fraction of sp³-hybridized carbons (Fsp3) is 0.385. The predicted octanol–water partition coefficient (Wildman–Crippen LogP) is 3.02. The van der Waals surface area contributed by atoms with Gasteiger partial charge in [0.2, 0.25) is 0 Å². The monoisotopic (exact) mass is 324 g/mol. The van der Waals surface area contributed by atoms with Gasteiger partial charge in [0.1, 0.15) is 5.75 Å². The van der Waals surface area contributed by atoms with Crippen LogP contribution in [-0.4, -0.2) is 36.2 Å². The molecule has 0 unspecified atom stereocenters. The van der Waals surface area contributed by atoms with Gasteiger partial charge in [0.25, 0.3) is 0 Å². The lowest BCUT2D eigenvalue weighted by Gasteiger charge is -2.33. The minimum absolute atomic E-state index is 0. The van der Waals surface area contributed by atoms with Crippen molar-refractivity contribution in [2.75, 3.05) is 26.2 Å². The summed E-state index contributed by atoms with van der Waals surface area (Å²) in [6, 6.07) is 5.51. The Morgan fingerprint density at radius 3 is 2.47 bits per heavy atom. The summed E-state index contributed by atoms with van der Waals surface area (Å²) in [7, 11) is 0. The molecule has 0 bridgehead atoms. The molecule has 6 heteroatoms. The highest BCUT2D eigenvalue weighted by Crippen LogP contribution is 2.29. The minimum atomic E-state index is 0. The topological polar surface area (TPSA) is 35.5 Å². The van der Waals surface area contributed by atoms with Gasteiger partial charge in [-0.3, -0.25) is 4.90 Å². The highest BCUT2D eigenvalue weighted by Gasteiger charge is 2.19. The zero-order valence-corrected chi connectivity index (χ0v) is 12.9. The van der Waals surface area contributed by atoms with E-state index in [4.69, 9.17) is 11.6 Å². The van der Waals surface area contributed by atoms with Gasteiger partial charge in [-0.1, -0.05) is 23.7 Å². The average molecular weight is 326 g/mol. The van der Waals surface area contributed by atoms with Crippen molar-refractivity contribution >= 4 is 36.4 Å². The standard InChI is InChI=1S/C13H17ClN2O.2ClH/c1-2-12(16-7-5-15-6-8-16)10-3-4-13(17)11(14)9-10;;/h2-4,9,12,15,17H,1,5-8H2;2*1H/t12-;;/m0../s1. The summed E-state index contributed by atoms with van der Waals surface area (Å²) < 4.78 is 0. The van der Waals surface area contributed by atoms with Gasteiger partial charge in [-0.2, -0.15) is 0 Å². The first-order valence-electron chi connectivity index (χ1n) is 5.78. The Bertz CT molecular complexity index is 409. The molecule has 1 saturated heterocycles. The summed E-state index contributed by atoms with van der Waals surface area (Å²) in [5.41, 5.74) is 1.07. The van der Waals surface area contributed by atoms with E-state index < -0.39 is 0 Å². The molecule has 2 N–H and O–H groups in total. The first-order valence-corrected chi connectivity index (χ1v) is 6.16. The van der Waals surface area contributed by atoms with E-state index in [1.165, 1.54) is 0 Å². The van der Waals surface area contributed by atoms with Gasteiger partial charge in [-0.15, -0.1) is 31.4 Å². The Morgan fingerprint density at radius 2 is 1.95 bits per heavy atom. The number of phenols is 1. The lowest BCUT2D eigenvalue weighted by molar-refractivity contribution is 0.203. The highest BCUT2D eigenvalue weighted by molar-refractivity contribution is 6.32. The summed E-state index contributed by atoms with van der Waals surface area (Å²) in [6.45, 7) is 7.88. The third-order valence-electron chi connectivity index (χ3n) is 3.08. The summed E-state index contributed by atoms with van der Waals surface area (Å²) in [5, 5.41) is 13.1. The fourth-order valence-corrected chi connectivity index (χ4v) is 2.35. The lowest BCUT2D eigenvalue weighted by atomic mass is 10.0. The maximum absolute atomic E-state index is 9.43. The fourth-order valence-electron chi connectivity index (χ4n) is 2.16. The number of halogens is 3. The molecule has 1 aliphatic rings. The van der Waals surface area contributed by atoms with Crippen LogP contribution in [0.3, 0.4) is 0 Å². The molecule has 19 heavy (non-hydrogen) atoms.